The first-order valence-corrected chi connectivity index (χ1v) is 8.05. The third-order valence-electron chi connectivity index (χ3n) is 4.75. The van der Waals surface area contributed by atoms with E-state index in [2.05, 4.69) is 39.5 Å². The van der Waals surface area contributed by atoms with Crippen molar-refractivity contribution in [2.75, 3.05) is 0 Å². The molecule has 3 aliphatic rings. The van der Waals surface area contributed by atoms with Gasteiger partial charge >= 0.3 is 0 Å². The van der Waals surface area contributed by atoms with Gasteiger partial charge in [0.25, 0.3) is 0 Å². The third kappa shape index (κ3) is 2.60. The van der Waals surface area contributed by atoms with Crippen LogP contribution in [0.15, 0.2) is 0 Å². The fourth-order valence-corrected chi connectivity index (χ4v) is 5.53. The lowest BCUT2D eigenvalue weighted by atomic mass is 9.68. The normalized spacial score (nSPS) is 42.8. The Hall–Kier alpha value is 0.350. The summed E-state index contributed by atoms with van der Waals surface area (Å²) in [6.45, 7) is 9.92. The standard InChI is InChI=1S/C15H28S/c1-5-8-15(4)9-6-7-12-10-13(16-12)14(2,3)11-15/h12-13H,5-11H2,1-4H3. The molecule has 3 unspecified atom stereocenters. The highest BCUT2D eigenvalue weighted by molar-refractivity contribution is 8.01. The first-order chi connectivity index (χ1) is 7.45. The summed E-state index contributed by atoms with van der Waals surface area (Å²) >= 11 is 2.29. The van der Waals surface area contributed by atoms with E-state index in [1.807, 2.05) is 0 Å². The zero-order valence-corrected chi connectivity index (χ0v) is 12.3. The Morgan fingerprint density at radius 1 is 1.25 bits per heavy atom. The summed E-state index contributed by atoms with van der Waals surface area (Å²) in [6.07, 6.45) is 10.1. The van der Waals surface area contributed by atoms with Crippen molar-refractivity contribution in [1.29, 1.82) is 0 Å². The smallest absolute Gasteiger partial charge is 0.0112 e. The molecule has 2 heterocycles. The van der Waals surface area contributed by atoms with E-state index in [-0.39, 0.29) is 0 Å². The zero-order valence-electron chi connectivity index (χ0n) is 11.5. The molecule has 0 aromatic rings. The molecule has 1 aliphatic carbocycles. The lowest BCUT2D eigenvalue weighted by Crippen LogP contribution is -2.40. The van der Waals surface area contributed by atoms with E-state index in [4.69, 9.17) is 0 Å². The average Bonchev–Trinajstić information content (AvgIpc) is 2.13. The molecule has 2 bridgehead atoms. The summed E-state index contributed by atoms with van der Waals surface area (Å²) in [5.74, 6) is 0. The molecule has 0 spiro atoms. The van der Waals surface area contributed by atoms with Crippen LogP contribution >= 0.6 is 11.8 Å². The molecule has 94 valence electrons. The van der Waals surface area contributed by atoms with Crippen LogP contribution in [0, 0.1) is 10.8 Å². The van der Waals surface area contributed by atoms with Crippen molar-refractivity contribution in [2.45, 2.75) is 83.1 Å². The van der Waals surface area contributed by atoms with Gasteiger partial charge in [-0.3, -0.25) is 0 Å². The van der Waals surface area contributed by atoms with Crippen molar-refractivity contribution < 1.29 is 0 Å². The molecule has 0 aromatic carbocycles. The van der Waals surface area contributed by atoms with Gasteiger partial charge in [0.05, 0.1) is 0 Å². The van der Waals surface area contributed by atoms with Crippen LogP contribution in [-0.2, 0) is 0 Å². The van der Waals surface area contributed by atoms with E-state index in [9.17, 15) is 0 Å². The Morgan fingerprint density at radius 2 is 1.94 bits per heavy atom. The number of thioether (sulfide) groups is 1. The molecule has 0 radical (unpaired) electrons. The van der Waals surface area contributed by atoms with Gasteiger partial charge in [-0.1, -0.05) is 40.5 Å². The minimum absolute atomic E-state index is 0.565. The molecule has 1 saturated carbocycles. The van der Waals surface area contributed by atoms with Gasteiger partial charge in [-0.05, 0) is 42.9 Å². The summed E-state index contributed by atoms with van der Waals surface area (Å²) in [4.78, 5) is 0. The number of rotatable bonds is 2. The SMILES string of the molecule is CCCC1(C)CCCC2CC(S2)C(C)(C)C1. The topological polar surface area (TPSA) is 0 Å². The van der Waals surface area contributed by atoms with Gasteiger partial charge in [0.1, 0.15) is 0 Å². The minimum atomic E-state index is 0.565. The molecular weight excluding hydrogens is 212 g/mol. The molecule has 16 heavy (non-hydrogen) atoms. The molecule has 3 fully saturated rings. The largest absolute Gasteiger partial charge is 0.155 e. The molecule has 1 heteroatoms. The highest BCUT2D eigenvalue weighted by atomic mass is 32.2. The quantitative estimate of drug-likeness (QED) is 0.634. The predicted molar refractivity (Wildman–Crippen MR) is 75.0 cm³/mol. The Balaban J connectivity index is 2.10. The zero-order chi connectivity index (χ0) is 11.8. The van der Waals surface area contributed by atoms with Crippen LogP contribution < -0.4 is 0 Å². The lowest BCUT2D eigenvalue weighted by Gasteiger charge is -2.47. The van der Waals surface area contributed by atoms with Crippen LogP contribution in [0.4, 0.5) is 0 Å². The van der Waals surface area contributed by atoms with E-state index < -0.39 is 0 Å². The van der Waals surface area contributed by atoms with Crippen molar-refractivity contribution in [2.24, 2.45) is 10.8 Å². The first-order valence-electron chi connectivity index (χ1n) is 7.11. The van der Waals surface area contributed by atoms with E-state index in [0.717, 1.165) is 10.5 Å². The second-order valence-corrected chi connectivity index (χ2v) is 8.61. The van der Waals surface area contributed by atoms with Gasteiger partial charge in [0.15, 0.2) is 0 Å². The van der Waals surface area contributed by atoms with Gasteiger partial charge in [-0.2, -0.15) is 11.8 Å². The average molecular weight is 240 g/mol. The molecular formula is C15H28S. The van der Waals surface area contributed by atoms with Crippen molar-refractivity contribution in [3.05, 3.63) is 0 Å². The number of hydrogen-bond donors (Lipinski definition) is 0. The summed E-state index contributed by atoms with van der Waals surface area (Å²) in [7, 11) is 0. The third-order valence-corrected chi connectivity index (χ3v) is 6.72. The summed E-state index contributed by atoms with van der Waals surface area (Å²) < 4.78 is 0. The fourth-order valence-electron chi connectivity index (χ4n) is 4.02. The highest BCUT2D eigenvalue weighted by Crippen LogP contribution is 2.55. The second-order valence-electron chi connectivity index (χ2n) is 7.10. The summed E-state index contributed by atoms with van der Waals surface area (Å²) in [5, 5.41) is 1.96. The Morgan fingerprint density at radius 3 is 2.56 bits per heavy atom. The molecule has 2 saturated heterocycles. The van der Waals surface area contributed by atoms with Crippen LogP contribution in [0.1, 0.15) is 72.6 Å². The van der Waals surface area contributed by atoms with E-state index >= 15 is 0 Å². The lowest BCUT2D eigenvalue weighted by molar-refractivity contribution is 0.147. The predicted octanol–water partition coefficient (Wildman–Crippen LogP) is 5.27. The second kappa shape index (κ2) is 4.55. The van der Waals surface area contributed by atoms with E-state index in [0.29, 0.717) is 10.8 Å². The van der Waals surface area contributed by atoms with Gasteiger partial charge < -0.3 is 0 Å². The molecule has 2 aliphatic heterocycles. The number of fused-ring (bicyclic) bond motifs is 5. The Kier molecular flexibility index (Phi) is 3.64. The van der Waals surface area contributed by atoms with Crippen LogP contribution in [0.25, 0.3) is 0 Å². The van der Waals surface area contributed by atoms with E-state index in [1.54, 1.807) is 0 Å². The van der Waals surface area contributed by atoms with E-state index in [1.165, 1.54) is 44.9 Å². The Labute approximate surface area is 106 Å². The van der Waals surface area contributed by atoms with Crippen LogP contribution in [0.2, 0.25) is 0 Å². The molecule has 0 nitrogen and oxygen atoms in total. The summed E-state index contributed by atoms with van der Waals surface area (Å²) in [5.41, 5.74) is 1.19. The van der Waals surface area contributed by atoms with Crippen LogP contribution in [-0.4, -0.2) is 10.5 Å². The summed E-state index contributed by atoms with van der Waals surface area (Å²) in [6, 6.07) is 0. The van der Waals surface area contributed by atoms with Gasteiger partial charge in [0.2, 0.25) is 0 Å². The molecule has 0 amide bonds. The van der Waals surface area contributed by atoms with Crippen molar-refractivity contribution in [3.63, 3.8) is 0 Å². The molecule has 3 rings (SSSR count). The van der Waals surface area contributed by atoms with Gasteiger partial charge in [-0.15, -0.1) is 0 Å². The van der Waals surface area contributed by atoms with Crippen molar-refractivity contribution in [1.82, 2.24) is 0 Å². The van der Waals surface area contributed by atoms with Crippen molar-refractivity contribution in [3.8, 4) is 0 Å². The maximum Gasteiger partial charge on any atom is 0.0112 e. The first kappa shape index (κ1) is 12.8. The fraction of sp³-hybridized carbons (Fsp3) is 1.00. The van der Waals surface area contributed by atoms with Crippen LogP contribution in [0.5, 0.6) is 0 Å². The number of hydrogen-bond acceptors (Lipinski definition) is 1. The maximum absolute atomic E-state index is 2.55. The van der Waals surface area contributed by atoms with Crippen LogP contribution in [0.3, 0.4) is 0 Å². The molecule has 0 N–H and O–H groups in total. The Bertz CT molecular complexity index is 240. The molecule has 3 atom stereocenters. The highest BCUT2D eigenvalue weighted by Gasteiger charge is 2.45. The molecule has 0 aromatic heterocycles. The minimum Gasteiger partial charge on any atom is -0.155 e. The maximum atomic E-state index is 2.55. The van der Waals surface area contributed by atoms with Gasteiger partial charge in [-0.25, -0.2) is 0 Å². The monoisotopic (exact) mass is 240 g/mol. The van der Waals surface area contributed by atoms with Gasteiger partial charge in [0, 0.05) is 10.5 Å². The van der Waals surface area contributed by atoms with Crippen molar-refractivity contribution >= 4 is 11.8 Å².